The van der Waals surface area contributed by atoms with Crippen molar-refractivity contribution in [3.05, 3.63) is 70.8 Å². The maximum Gasteiger partial charge on any atom is 0.254 e. The minimum absolute atomic E-state index is 0.00122. The molecule has 3 aromatic rings. The van der Waals surface area contributed by atoms with Crippen molar-refractivity contribution < 1.29 is 0 Å². The van der Waals surface area contributed by atoms with Crippen LogP contribution in [0.15, 0.2) is 59.7 Å². The third-order valence-electron chi connectivity index (χ3n) is 3.85. The van der Waals surface area contributed by atoms with E-state index in [2.05, 4.69) is 11.1 Å². The van der Waals surface area contributed by atoms with Gasteiger partial charge in [-0.1, -0.05) is 24.3 Å². The number of hydrogen-bond donors (Lipinski definition) is 0. The molecule has 0 unspecified atom stereocenters. The molecule has 1 aromatic carbocycles. The van der Waals surface area contributed by atoms with Gasteiger partial charge in [-0.25, -0.2) is 4.98 Å². The summed E-state index contributed by atoms with van der Waals surface area (Å²) in [4.78, 5) is 21.1. The van der Waals surface area contributed by atoms with Gasteiger partial charge >= 0.3 is 0 Å². The van der Waals surface area contributed by atoms with Gasteiger partial charge in [0.1, 0.15) is 5.82 Å². The molecule has 0 bridgehead atoms. The second-order valence-corrected chi connectivity index (χ2v) is 5.10. The van der Waals surface area contributed by atoms with Crippen LogP contribution in [-0.2, 0) is 13.0 Å². The first kappa shape index (κ1) is 12.0. The fourth-order valence-corrected chi connectivity index (χ4v) is 2.79. The van der Waals surface area contributed by atoms with Crippen LogP contribution < -0.4 is 5.56 Å². The third-order valence-corrected chi connectivity index (χ3v) is 3.85. The summed E-state index contributed by atoms with van der Waals surface area (Å²) in [6.45, 7) is 0.689. The van der Waals surface area contributed by atoms with Crippen LogP contribution in [0.4, 0.5) is 0 Å². The van der Waals surface area contributed by atoms with Crippen LogP contribution in [-0.4, -0.2) is 14.5 Å². The number of aromatic nitrogens is 3. The number of aryl methyl sites for hydroxylation is 1. The largest absolute Gasteiger partial charge is 0.292 e. The molecule has 2 aromatic heterocycles. The Hall–Kier alpha value is -2.75. The third kappa shape index (κ3) is 1.96. The van der Waals surface area contributed by atoms with Crippen LogP contribution in [0.2, 0.25) is 0 Å². The van der Waals surface area contributed by atoms with E-state index in [9.17, 15) is 4.79 Å². The lowest BCUT2D eigenvalue weighted by molar-refractivity contribution is 0.646. The first-order valence-corrected chi connectivity index (χ1v) is 6.93. The van der Waals surface area contributed by atoms with Crippen molar-refractivity contribution in [3.63, 3.8) is 0 Å². The van der Waals surface area contributed by atoms with Crippen molar-refractivity contribution >= 4 is 0 Å². The SMILES string of the molecule is O=c1cc(-c2ccncc2)nc2n1CCc1ccccc1-2. The van der Waals surface area contributed by atoms with E-state index in [-0.39, 0.29) is 5.56 Å². The van der Waals surface area contributed by atoms with Crippen molar-refractivity contribution in [1.29, 1.82) is 0 Å². The number of fused-ring (bicyclic) bond motifs is 3. The molecule has 4 heteroatoms. The van der Waals surface area contributed by atoms with E-state index in [1.807, 2.05) is 30.3 Å². The van der Waals surface area contributed by atoms with Gasteiger partial charge in [0.05, 0.1) is 5.69 Å². The van der Waals surface area contributed by atoms with Crippen molar-refractivity contribution in [2.24, 2.45) is 0 Å². The zero-order valence-corrected chi connectivity index (χ0v) is 11.4. The molecule has 0 radical (unpaired) electrons. The monoisotopic (exact) mass is 275 g/mol. The van der Waals surface area contributed by atoms with Gasteiger partial charge in [0.15, 0.2) is 0 Å². The highest BCUT2D eigenvalue weighted by Crippen LogP contribution is 2.27. The molecule has 0 atom stereocenters. The second kappa shape index (κ2) is 4.66. The van der Waals surface area contributed by atoms with E-state index in [0.717, 1.165) is 23.4 Å². The van der Waals surface area contributed by atoms with E-state index in [0.29, 0.717) is 12.2 Å². The molecule has 102 valence electrons. The average Bonchev–Trinajstić information content (AvgIpc) is 2.55. The summed E-state index contributed by atoms with van der Waals surface area (Å²) < 4.78 is 1.76. The Labute approximate surface area is 121 Å². The fourth-order valence-electron chi connectivity index (χ4n) is 2.79. The minimum atomic E-state index is 0.00122. The molecule has 0 fully saturated rings. The summed E-state index contributed by atoms with van der Waals surface area (Å²) in [5, 5.41) is 0. The van der Waals surface area contributed by atoms with Crippen LogP contribution in [0.25, 0.3) is 22.6 Å². The van der Waals surface area contributed by atoms with Gasteiger partial charge < -0.3 is 0 Å². The molecule has 0 saturated carbocycles. The summed E-state index contributed by atoms with van der Waals surface area (Å²) in [7, 11) is 0. The highest BCUT2D eigenvalue weighted by molar-refractivity contribution is 5.66. The van der Waals surface area contributed by atoms with Gasteiger partial charge in [0, 0.05) is 36.1 Å². The van der Waals surface area contributed by atoms with Crippen LogP contribution in [0.1, 0.15) is 5.56 Å². The molecule has 3 heterocycles. The summed E-state index contributed by atoms with van der Waals surface area (Å²) in [5.41, 5.74) is 3.91. The topological polar surface area (TPSA) is 47.8 Å². The van der Waals surface area contributed by atoms with E-state index >= 15 is 0 Å². The van der Waals surface area contributed by atoms with Crippen LogP contribution in [0.5, 0.6) is 0 Å². The number of rotatable bonds is 1. The number of benzene rings is 1. The summed E-state index contributed by atoms with van der Waals surface area (Å²) in [5.74, 6) is 0.760. The molecule has 0 aliphatic carbocycles. The predicted molar refractivity (Wildman–Crippen MR) is 80.9 cm³/mol. The van der Waals surface area contributed by atoms with Gasteiger partial charge in [0.25, 0.3) is 5.56 Å². The van der Waals surface area contributed by atoms with Crippen LogP contribution >= 0.6 is 0 Å². The zero-order chi connectivity index (χ0) is 14.2. The Morgan fingerprint density at radius 3 is 2.71 bits per heavy atom. The molecule has 21 heavy (non-hydrogen) atoms. The maximum absolute atomic E-state index is 12.4. The Balaban J connectivity index is 1.97. The van der Waals surface area contributed by atoms with Gasteiger partial charge in [-0.15, -0.1) is 0 Å². The fraction of sp³-hybridized carbons (Fsp3) is 0.118. The lowest BCUT2D eigenvalue weighted by Crippen LogP contribution is -2.27. The standard InChI is InChI=1S/C17H13N3O/c21-16-11-15(13-5-8-18-9-6-13)19-17-14-4-2-1-3-12(14)7-10-20(16)17/h1-6,8-9,11H,7,10H2. The molecule has 0 amide bonds. The average molecular weight is 275 g/mol. The first-order chi connectivity index (χ1) is 10.3. The molecule has 4 rings (SSSR count). The predicted octanol–water partition coefficient (Wildman–Crippen LogP) is 2.53. The Morgan fingerprint density at radius 2 is 1.86 bits per heavy atom. The van der Waals surface area contributed by atoms with Crippen molar-refractivity contribution in [2.75, 3.05) is 0 Å². The molecular formula is C17H13N3O. The quantitative estimate of drug-likeness (QED) is 0.685. The molecule has 1 aliphatic heterocycles. The highest BCUT2D eigenvalue weighted by atomic mass is 16.1. The van der Waals surface area contributed by atoms with Crippen molar-refractivity contribution in [1.82, 2.24) is 14.5 Å². The Kier molecular flexibility index (Phi) is 2.67. The van der Waals surface area contributed by atoms with E-state index in [1.54, 1.807) is 23.0 Å². The number of hydrogen-bond acceptors (Lipinski definition) is 3. The van der Waals surface area contributed by atoms with Gasteiger partial charge in [0.2, 0.25) is 0 Å². The van der Waals surface area contributed by atoms with Gasteiger partial charge in [-0.2, -0.15) is 0 Å². The summed E-state index contributed by atoms with van der Waals surface area (Å²) in [6, 6.07) is 13.5. The van der Waals surface area contributed by atoms with Gasteiger partial charge in [-0.3, -0.25) is 14.3 Å². The lowest BCUT2D eigenvalue weighted by atomic mass is 10.00. The molecule has 0 N–H and O–H groups in total. The number of pyridine rings is 1. The molecule has 0 saturated heterocycles. The molecule has 1 aliphatic rings. The second-order valence-electron chi connectivity index (χ2n) is 5.10. The lowest BCUT2D eigenvalue weighted by Gasteiger charge is -2.21. The zero-order valence-electron chi connectivity index (χ0n) is 11.4. The number of nitrogens with zero attached hydrogens (tertiary/aromatic N) is 3. The Morgan fingerprint density at radius 1 is 1.05 bits per heavy atom. The molecular weight excluding hydrogens is 262 g/mol. The van der Waals surface area contributed by atoms with E-state index in [1.165, 1.54) is 5.56 Å². The van der Waals surface area contributed by atoms with Gasteiger partial charge in [-0.05, 0) is 24.1 Å². The first-order valence-electron chi connectivity index (χ1n) is 6.93. The van der Waals surface area contributed by atoms with Crippen LogP contribution in [0.3, 0.4) is 0 Å². The minimum Gasteiger partial charge on any atom is -0.292 e. The smallest absolute Gasteiger partial charge is 0.254 e. The van der Waals surface area contributed by atoms with E-state index in [4.69, 9.17) is 4.98 Å². The highest BCUT2D eigenvalue weighted by Gasteiger charge is 2.18. The van der Waals surface area contributed by atoms with Crippen molar-refractivity contribution in [2.45, 2.75) is 13.0 Å². The molecule has 0 spiro atoms. The summed E-state index contributed by atoms with van der Waals surface area (Å²) in [6.07, 6.45) is 4.30. The van der Waals surface area contributed by atoms with E-state index < -0.39 is 0 Å². The normalized spacial score (nSPS) is 12.6. The Bertz CT molecular complexity index is 869. The summed E-state index contributed by atoms with van der Waals surface area (Å²) >= 11 is 0. The van der Waals surface area contributed by atoms with Crippen LogP contribution in [0, 0.1) is 0 Å². The maximum atomic E-state index is 12.4. The van der Waals surface area contributed by atoms with Crippen molar-refractivity contribution in [3.8, 4) is 22.6 Å². The molecule has 4 nitrogen and oxygen atoms in total.